The van der Waals surface area contributed by atoms with Crippen molar-refractivity contribution in [2.24, 2.45) is 5.92 Å². The van der Waals surface area contributed by atoms with Gasteiger partial charge in [-0.2, -0.15) is 5.26 Å². The number of nitrogens with zero attached hydrogens (tertiary/aromatic N) is 3. The van der Waals surface area contributed by atoms with E-state index in [9.17, 15) is 4.79 Å². The number of carbonyl (C=O) groups is 1. The molecule has 0 aromatic heterocycles. The van der Waals surface area contributed by atoms with Gasteiger partial charge in [0, 0.05) is 25.2 Å². The van der Waals surface area contributed by atoms with Crippen LogP contribution in [0.2, 0.25) is 0 Å². The summed E-state index contributed by atoms with van der Waals surface area (Å²) in [5.74, 6) is -0.503. The summed E-state index contributed by atoms with van der Waals surface area (Å²) in [6, 6.07) is 2.82. The minimum absolute atomic E-state index is 0.00144. The van der Waals surface area contributed by atoms with Gasteiger partial charge in [0.1, 0.15) is 5.92 Å². The van der Waals surface area contributed by atoms with E-state index in [4.69, 9.17) is 5.26 Å². The fourth-order valence-electron chi connectivity index (χ4n) is 2.80. The number of amides is 1. The van der Waals surface area contributed by atoms with Gasteiger partial charge < -0.3 is 4.90 Å². The van der Waals surface area contributed by atoms with E-state index in [1.54, 1.807) is 6.92 Å². The van der Waals surface area contributed by atoms with Crippen LogP contribution in [0.4, 0.5) is 0 Å². The van der Waals surface area contributed by atoms with Gasteiger partial charge in [0.05, 0.1) is 6.07 Å². The predicted octanol–water partition coefficient (Wildman–Crippen LogP) is 0.841. The van der Waals surface area contributed by atoms with Crippen LogP contribution in [-0.4, -0.2) is 47.4 Å². The van der Waals surface area contributed by atoms with E-state index < -0.39 is 5.92 Å². The van der Waals surface area contributed by atoms with Crippen molar-refractivity contribution in [1.82, 2.24) is 9.80 Å². The Bertz CT molecular complexity index is 323. The van der Waals surface area contributed by atoms with Crippen molar-refractivity contribution in [3.05, 3.63) is 0 Å². The third kappa shape index (κ3) is 1.92. The molecule has 0 aromatic rings. The Morgan fingerprint density at radius 1 is 1.50 bits per heavy atom. The molecule has 4 nitrogen and oxygen atoms in total. The molecule has 2 heterocycles. The van der Waals surface area contributed by atoms with Crippen molar-refractivity contribution >= 4 is 5.91 Å². The van der Waals surface area contributed by atoms with Crippen LogP contribution >= 0.6 is 0 Å². The zero-order chi connectivity index (χ0) is 11.7. The molecule has 16 heavy (non-hydrogen) atoms. The lowest BCUT2D eigenvalue weighted by Gasteiger charge is -2.42. The van der Waals surface area contributed by atoms with Crippen LogP contribution < -0.4 is 0 Å². The molecule has 2 fully saturated rings. The van der Waals surface area contributed by atoms with Gasteiger partial charge in [-0.15, -0.1) is 0 Å². The molecule has 0 aromatic carbocycles. The topological polar surface area (TPSA) is 47.3 Å². The summed E-state index contributed by atoms with van der Waals surface area (Å²) < 4.78 is 0. The van der Waals surface area contributed by atoms with E-state index >= 15 is 0 Å². The van der Waals surface area contributed by atoms with Crippen molar-refractivity contribution in [3.8, 4) is 6.07 Å². The highest BCUT2D eigenvalue weighted by Crippen LogP contribution is 2.25. The molecule has 2 aliphatic rings. The fourth-order valence-corrected chi connectivity index (χ4v) is 2.80. The molecular weight excluding hydrogens is 202 g/mol. The maximum atomic E-state index is 12.0. The standard InChI is InChI=1S/C12H19N3O/c1-9(6-13)12(16)15-8-11-4-3-5-14(11)7-10(15)2/h9-11H,3-5,7-8H2,1-2H3. The third-order valence-electron chi connectivity index (χ3n) is 3.78. The quantitative estimate of drug-likeness (QED) is 0.659. The molecular formula is C12H19N3O. The second kappa shape index (κ2) is 4.42. The summed E-state index contributed by atoms with van der Waals surface area (Å²) in [6.45, 7) is 6.72. The molecule has 0 bridgehead atoms. The first kappa shape index (κ1) is 11.4. The minimum Gasteiger partial charge on any atom is -0.336 e. The largest absolute Gasteiger partial charge is 0.336 e. The molecule has 2 saturated heterocycles. The maximum absolute atomic E-state index is 12.0. The SMILES string of the molecule is CC(C#N)C(=O)N1CC2CCCN2CC1C. The summed E-state index contributed by atoms with van der Waals surface area (Å²) >= 11 is 0. The van der Waals surface area contributed by atoms with Crippen LogP contribution in [0.3, 0.4) is 0 Å². The lowest BCUT2D eigenvalue weighted by atomic mass is 10.0. The second-order valence-corrected chi connectivity index (χ2v) is 4.98. The lowest BCUT2D eigenvalue weighted by Crippen LogP contribution is -2.57. The highest BCUT2D eigenvalue weighted by atomic mass is 16.2. The zero-order valence-corrected chi connectivity index (χ0v) is 10.0. The Balaban J connectivity index is 2.05. The van der Waals surface area contributed by atoms with Crippen LogP contribution in [0.1, 0.15) is 26.7 Å². The number of nitriles is 1. The van der Waals surface area contributed by atoms with Gasteiger partial charge in [-0.05, 0) is 33.2 Å². The summed E-state index contributed by atoms with van der Waals surface area (Å²) in [5, 5.41) is 8.80. The number of hydrogen-bond donors (Lipinski definition) is 0. The molecule has 3 atom stereocenters. The number of carbonyl (C=O) groups excluding carboxylic acids is 1. The van der Waals surface area contributed by atoms with Crippen LogP contribution in [0.5, 0.6) is 0 Å². The van der Waals surface area contributed by atoms with Crippen LogP contribution in [0.15, 0.2) is 0 Å². The first-order valence-corrected chi connectivity index (χ1v) is 6.07. The lowest BCUT2D eigenvalue weighted by molar-refractivity contribution is -0.138. The third-order valence-corrected chi connectivity index (χ3v) is 3.78. The molecule has 0 N–H and O–H groups in total. The highest BCUT2D eigenvalue weighted by molar-refractivity contribution is 5.81. The number of fused-ring (bicyclic) bond motifs is 1. The number of piperazine rings is 1. The van der Waals surface area contributed by atoms with Gasteiger partial charge in [0.2, 0.25) is 5.91 Å². The number of rotatable bonds is 1. The van der Waals surface area contributed by atoms with Crippen LogP contribution in [-0.2, 0) is 4.79 Å². The fraction of sp³-hybridized carbons (Fsp3) is 0.833. The Labute approximate surface area is 96.8 Å². The highest BCUT2D eigenvalue weighted by Gasteiger charge is 2.37. The Morgan fingerprint density at radius 2 is 2.25 bits per heavy atom. The minimum atomic E-state index is -0.504. The van der Waals surface area contributed by atoms with Crippen molar-refractivity contribution in [3.63, 3.8) is 0 Å². The Hall–Kier alpha value is -1.08. The number of hydrogen-bond acceptors (Lipinski definition) is 3. The normalized spacial score (nSPS) is 31.9. The van der Waals surface area contributed by atoms with Gasteiger partial charge in [-0.3, -0.25) is 9.69 Å². The van der Waals surface area contributed by atoms with Crippen molar-refractivity contribution in [1.29, 1.82) is 5.26 Å². The van der Waals surface area contributed by atoms with Crippen LogP contribution in [0, 0.1) is 17.2 Å². The molecule has 2 aliphatic heterocycles. The van der Waals surface area contributed by atoms with E-state index in [2.05, 4.69) is 11.8 Å². The Morgan fingerprint density at radius 3 is 2.94 bits per heavy atom. The monoisotopic (exact) mass is 221 g/mol. The van der Waals surface area contributed by atoms with Gasteiger partial charge in [-0.25, -0.2) is 0 Å². The summed E-state index contributed by atoms with van der Waals surface area (Å²) in [5.41, 5.74) is 0. The summed E-state index contributed by atoms with van der Waals surface area (Å²) in [6.07, 6.45) is 2.44. The van der Waals surface area contributed by atoms with Gasteiger partial charge >= 0.3 is 0 Å². The molecule has 1 amide bonds. The second-order valence-electron chi connectivity index (χ2n) is 4.98. The van der Waals surface area contributed by atoms with E-state index in [0.717, 1.165) is 13.1 Å². The smallest absolute Gasteiger partial charge is 0.239 e. The van der Waals surface area contributed by atoms with Crippen molar-refractivity contribution in [2.75, 3.05) is 19.6 Å². The molecule has 88 valence electrons. The predicted molar refractivity (Wildman–Crippen MR) is 60.5 cm³/mol. The molecule has 0 spiro atoms. The molecule has 0 saturated carbocycles. The molecule has 0 aliphatic carbocycles. The van der Waals surface area contributed by atoms with Crippen molar-refractivity contribution in [2.45, 2.75) is 38.8 Å². The Kier molecular flexibility index (Phi) is 3.15. The van der Waals surface area contributed by atoms with Gasteiger partial charge in [-0.1, -0.05) is 0 Å². The molecule has 3 unspecified atom stereocenters. The average molecular weight is 221 g/mol. The van der Waals surface area contributed by atoms with Crippen LogP contribution in [0.25, 0.3) is 0 Å². The van der Waals surface area contributed by atoms with Gasteiger partial charge in [0.25, 0.3) is 0 Å². The first-order chi connectivity index (χ1) is 7.63. The molecule has 2 rings (SSSR count). The molecule has 4 heteroatoms. The zero-order valence-electron chi connectivity index (χ0n) is 10.0. The van der Waals surface area contributed by atoms with E-state index in [1.165, 1.54) is 19.4 Å². The van der Waals surface area contributed by atoms with E-state index in [1.807, 2.05) is 11.0 Å². The van der Waals surface area contributed by atoms with E-state index in [0.29, 0.717) is 6.04 Å². The van der Waals surface area contributed by atoms with Crippen molar-refractivity contribution < 1.29 is 4.79 Å². The first-order valence-electron chi connectivity index (χ1n) is 6.07. The maximum Gasteiger partial charge on any atom is 0.239 e. The summed E-state index contributed by atoms with van der Waals surface area (Å²) in [7, 11) is 0. The average Bonchev–Trinajstić information content (AvgIpc) is 2.72. The van der Waals surface area contributed by atoms with Gasteiger partial charge in [0.15, 0.2) is 0 Å². The van der Waals surface area contributed by atoms with E-state index in [-0.39, 0.29) is 11.9 Å². The summed E-state index contributed by atoms with van der Waals surface area (Å²) in [4.78, 5) is 16.4. The molecule has 0 radical (unpaired) electrons.